The summed E-state index contributed by atoms with van der Waals surface area (Å²) in [5.41, 5.74) is 3.97. The molecule has 0 aliphatic carbocycles. The number of likely N-dealkylation sites (N-methyl/N-ethyl adjacent to an activating group) is 1. The zero-order valence-corrected chi connectivity index (χ0v) is 18.0. The first-order valence-corrected chi connectivity index (χ1v) is 9.96. The fourth-order valence-electron chi connectivity index (χ4n) is 3.70. The summed E-state index contributed by atoms with van der Waals surface area (Å²) in [6.45, 7) is 2.23. The van der Waals surface area contributed by atoms with Gasteiger partial charge in [0.25, 0.3) is 5.91 Å². The Morgan fingerprint density at radius 3 is 2.30 bits per heavy atom. The Hall–Kier alpha value is -3.06. The first-order valence-electron chi connectivity index (χ1n) is 9.96. The minimum Gasteiger partial charge on any atom is -0.493 e. The van der Waals surface area contributed by atoms with Crippen LogP contribution < -0.4 is 14.8 Å². The monoisotopic (exact) mass is 411 g/mol. The zero-order chi connectivity index (χ0) is 21.7. The van der Waals surface area contributed by atoms with Gasteiger partial charge in [0.2, 0.25) is 5.91 Å². The summed E-state index contributed by atoms with van der Waals surface area (Å²) in [6.07, 6.45) is 0.798. The van der Waals surface area contributed by atoms with Crippen molar-refractivity contribution in [1.29, 1.82) is 0 Å². The number of amides is 2. The van der Waals surface area contributed by atoms with Gasteiger partial charge in [0, 0.05) is 32.2 Å². The normalized spacial score (nSPS) is 13.0. The minimum absolute atomic E-state index is 0.0971. The fraction of sp³-hybridized carbons (Fsp3) is 0.391. The van der Waals surface area contributed by atoms with Gasteiger partial charge in [-0.2, -0.15) is 0 Å². The largest absolute Gasteiger partial charge is 0.493 e. The molecule has 1 heterocycles. The van der Waals surface area contributed by atoms with Gasteiger partial charge in [-0.1, -0.05) is 12.1 Å². The van der Waals surface area contributed by atoms with Gasteiger partial charge in [-0.3, -0.25) is 14.5 Å². The van der Waals surface area contributed by atoms with E-state index < -0.39 is 0 Å². The molecule has 0 saturated carbocycles. The number of nitrogens with one attached hydrogen (secondary N) is 1. The molecule has 0 aromatic heterocycles. The van der Waals surface area contributed by atoms with Gasteiger partial charge < -0.3 is 19.7 Å². The van der Waals surface area contributed by atoms with Crippen LogP contribution in [0.25, 0.3) is 0 Å². The quantitative estimate of drug-likeness (QED) is 0.755. The molecule has 2 aromatic carbocycles. The second-order valence-corrected chi connectivity index (χ2v) is 7.49. The highest BCUT2D eigenvalue weighted by molar-refractivity contribution is 5.93. The fourth-order valence-corrected chi connectivity index (χ4v) is 3.70. The highest BCUT2D eigenvalue weighted by Gasteiger charge is 2.23. The molecule has 1 N–H and O–H groups in total. The van der Waals surface area contributed by atoms with Crippen molar-refractivity contribution in [2.24, 2.45) is 0 Å². The summed E-state index contributed by atoms with van der Waals surface area (Å²) < 4.78 is 10.8. The highest BCUT2D eigenvalue weighted by Crippen LogP contribution is 2.33. The van der Waals surface area contributed by atoms with Crippen LogP contribution in [0.3, 0.4) is 0 Å². The second-order valence-electron chi connectivity index (χ2n) is 7.49. The zero-order valence-electron chi connectivity index (χ0n) is 18.0. The van der Waals surface area contributed by atoms with Crippen LogP contribution in [0.2, 0.25) is 0 Å². The van der Waals surface area contributed by atoms with Crippen molar-refractivity contribution >= 4 is 11.8 Å². The molecule has 0 unspecified atom stereocenters. The number of carbonyl (C=O) groups excluding carboxylic acids is 2. The van der Waals surface area contributed by atoms with E-state index in [-0.39, 0.29) is 11.8 Å². The van der Waals surface area contributed by atoms with Gasteiger partial charge in [0.15, 0.2) is 11.5 Å². The van der Waals surface area contributed by atoms with Crippen molar-refractivity contribution in [2.45, 2.75) is 19.5 Å². The van der Waals surface area contributed by atoms with Gasteiger partial charge in [0.05, 0.1) is 20.8 Å². The summed E-state index contributed by atoms with van der Waals surface area (Å²) in [5.74, 6) is 1.39. The summed E-state index contributed by atoms with van der Waals surface area (Å²) in [6, 6.07) is 11.4. The third-order valence-electron chi connectivity index (χ3n) is 5.37. The SMILES string of the molecule is CNC(=O)c1ccc(CN(C)CC(=O)N2CCc3cc(OC)c(OC)cc3C2)cc1. The van der Waals surface area contributed by atoms with Crippen LogP contribution in [0.15, 0.2) is 36.4 Å². The Morgan fingerprint density at radius 1 is 1.07 bits per heavy atom. The van der Waals surface area contributed by atoms with Crippen molar-refractivity contribution in [3.63, 3.8) is 0 Å². The summed E-state index contributed by atoms with van der Waals surface area (Å²) in [7, 11) is 6.79. The van der Waals surface area contributed by atoms with E-state index in [2.05, 4.69) is 5.32 Å². The lowest BCUT2D eigenvalue weighted by molar-refractivity contribution is -0.133. The molecule has 2 aromatic rings. The van der Waals surface area contributed by atoms with Crippen LogP contribution in [0.1, 0.15) is 27.0 Å². The molecule has 0 radical (unpaired) electrons. The Morgan fingerprint density at radius 2 is 1.70 bits per heavy atom. The van der Waals surface area contributed by atoms with Crippen molar-refractivity contribution in [3.05, 3.63) is 58.7 Å². The van der Waals surface area contributed by atoms with E-state index >= 15 is 0 Å². The van der Waals surface area contributed by atoms with E-state index in [0.29, 0.717) is 37.5 Å². The van der Waals surface area contributed by atoms with Gasteiger partial charge >= 0.3 is 0 Å². The first-order chi connectivity index (χ1) is 14.4. The Labute approximate surface area is 177 Å². The lowest BCUT2D eigenvalue weighted by Gasteiger charge is -2.31. The number of benzene rings is 2. The Balaban J connectivity index is 1.59. The number of carbonyl (C=O) groups is 2. The molecule has 160 valence electrons. The molecule has 7 nitrogen and oxygen atoms in total. The standard InChI is InChI=1S/C23H29N3O4/c1-24-23(28)17-7-5-16(6-8-17)13-25(2)15-22(27)26-10-9-18-11-20(29-3)21(30-4)12-19(18)14-26/h5-8,11-12H,9-10,13-15H2,1-4H3,(H,24,28). The van der Waals surface area contributed by atoms with Crippen molar-refractivity contribution in [2.75, 3.05) is 41.4 Å². The van der Waals surface area contributed by atoms with E-state index in [0.717, 1.165) is 23.3 Å². The van der Waals surface area contributed by atoms with Crippen LogP contribution in [-0.4, -0.2) is 63.0 Å². The number of hydrogen-bond donors (Lipinski definition) is 1. The highest BCUT2D eigenvalue weighted by atomic mass is 16.5. The van der Waals surface area contributed by atoms with Crippen LogP contribution in [0.5, 0.6) is 11.5 Å². The van der Waals surface area contributed by atoms with E-state index in [1.165, 1.54) is 5.56 Å². The number of fused-ring (bicyclic) bond motifs is 1. The van der Waals surface area contributed by atoms with Gasteiger partial charge in [-0.05, 0) is 54.4 Å². The van der Waals surface area contributed by atoms with Crippen LogP contribution >= 0.6 is 0 Å². The number of methoxy groups -OCH3 is 2. The molecular weight excluding hydrogens is 382 g/mol. The number of ether oxygens (including phenoxy) is 2. The summed E-state index contributed by atoms with van der Waals surface area (Å²) >= 11 is 0. The Bertz CT molecular complexity index is 911. The number of hydrogen-bond acceptors (Lipinski definition) is 5. The molecule has 0 fully saturated rings. The van der Waals surface area contributed by atoms with Gasteiger partial charge in [-0.15, -0.1) is 0 Å². The van der Waals surface area contributed by atoms with E-state index in [1.54, 1.807) is 33.4 Å². The van der Waals surface area contributed by atoms with Crippen LogP contribution in [0.4, 0.5) is 0 Å². The maximum Gasteiger partial charge on any atom is 0.251 e. The van der Waals surface area contributed by atoms with Gasteiger partial charge in [0.1, 0.15) is 0 Å². The molecule has 0 bridgehead atoms. The molecule has 3 rings (SSSR count). The average Bonchev–Trinajstić information content (AvgIpc) is 2.77. The molecule has 0 atom stereocenters. The van der Waals surface area contributed by atoms with E-state index in [4.69, 9.17) is 9.47 Å². The first kappa shape index (κ1) is 21.6. The smallest absolute Gasteiger partial charge is 0.251 e. The third-order valence-corrected chi connectivity index (χ3v) is 5.37. The van der Waals surface area contributed by atoms with Crippen molar-refractivity contribution in [1.82, 2.24) is 15.1 Å². The van der Waals surface area contributed by atoms with Gasteiger partial charge in [-0.25, -0.2) is 0 Å². The van der Waals surface area contributed by atoms with Crippen molar-refractivity contribution < 1.29 is 19.1 Å². The molecule has 7 heteroatoms. The third kappa shape index (κ3) is 4.91. The predicted molar refractivity (Wildman–Crippen MR) is 115 cm³/mol. The molecule has 0 saturated heterocycles. The van der Waals surface area contributed by atoms with E-state index in [9.17, 15) is 9.59 Å². The number of nitrogens with zero attached hydrogens (tertiary/aromatic N) is 2. The van der Waals surface area contributed by atoms with Crippen molar-refractivity contribution in [3.8, 4) is 11.5 Å². The molecular formula is C23H29N3O4. The van der Waals surface area contributed by atoms with Crippen LogP contribution in [-0.2, 0) is 24.3 Å². The molecule has 1 aliphatic heterocycles. The Kier molecular flexibility index (Phi) is 6.95. The second kappa shape index (κ2) is 9.63. The predicted octanol–water partition coefficient (Wildman–Crippen LogP) is 2.08. The lowest BCUT2D eigenvalue weighted by atomic mass is 9.98. The number of rotatable bonds is 7. The molecule has 2 amide bonds. The summed E-state index contributed by atoms with van der Waals surface area (Å²) in [4.78, 5) is 28.4. The average molecular weight is 412 g/mol. The molecule has 1 aliphatic rings. The van der Waals surface area contributed by atoms with E-state index in [1.807, 2.05) is 41.1 Å². The maximum atomic E-state index is 12.8. The maximum absolute atomic E-state index is 12.8. The topological polar surface area (TPSA) is 71.1 Å². The lowest BCUT2D eigenvalue weighted by Crippen LogP contribution is -2.41. The molecule has 0 spiro atoms. The van der Waals surface area contributed by atoms with Crippen LogP contribution in [0, 0.1) is 0 Å². The molecule has 30 heavy (non-hydrogen) atoms. The summed E-state index contributed by atoms with van der Waals surface area (Å²) in [5, 5.41) is 2.61. The minimum atomic E-state index is -0.107.